The van der Waals surface area contributed by atoms with E-state index in [1.165, 1.54) is 38.5 Å². The van der Waals surface area contributed by atoms with Crippen molar-refractivity contribution >= 4 is 20.5 Å². The van der Waals surface area contributed by atoms with Crippen LogP contribution in [0.5, 0.6) is 0 Å². The number of nitrogens with one attached hydrogen (secondary N) is 1. The minimum absolute atomic E-state index is 0.357. The molecule has 0 aromatic heterocycles. The van der Waals surface area contributed by atoms with Crippen LogP contribution in [-0.2, 0) is 24.1 Å². The van der Waals surface area contributed by atoms with E-state index in [1.807, 2.05) is 4.31 Å². The summed E-state index contributed by atoms with van der Waals surface area (Å²) in [5.74, 6) is 3.68. The summed E-state index contributed by atoms with van der Waals surface area (Å²) in [5.41, 5.74) is -0.714. The zero-order chi connectivity index (χ0) is 20.2. The monoisotopic (exact) mass is 443 g/mol. The van der Waals surface area contributed by atoms with Crippen molar-refractivity contribution in [3.8, 4) is 0 Å². The molecule has 3 N–H and O–H groups in total. The van der Waals surface area contributed by atoms with Gasteiger partial charge in [0.1, 0.15) is 0 Å². The third-order valence-electron chi connectivity index (χ3n) is 9.30. The summed E-state index contributed by atoms with van der Waals surface area (Å²) in [6.45, 7) is 0. The Morgan fingerprint density at radius 1 is 0.690 bits per heavy atom. The first-order valence-corrected chi connectivity index (χ1v) is 14.3. The van der Waals surface area contributed by atoms with E-state index in [0.717, 1.165) is 38.5 Å². The van der Waals surface area contributed by atoms with Crippen LogP contribution in [0.2, 0.25) is 0 Å². The molecule has 0 saturated heterocycles. The molecule has 0 spiro atoms. The fraction of sp³-hybridized carbons (Fsp3) is 1.00. The Morgan fingerprint density at radius 2 is 0.966 bits per heavy atom. The van der Waals surface area contributed by atoms with Gasteiger partial charge in [0.15, 0.2) is 0 Å². The van der Waals surface area contributed by atoms with Crippen LogP contribution in [0.25, 0.3) is 0 Å². The van der Waals surface area contributed by atoms with Crippen LogP contribution in [0.4, 0.5) is 0 Å². The van der Waals surface area contributed by atoms with E-state index in [9.17, 15) is 12.6 Å². The van der Waals surface area contributed by atoms with Crippen LogP contribution in [0, 0.1) is 40.3 Å². The van der Waals surface area contributed by atoms with Crippen LogP contribution in [0.15, 0.2) is 0 Å². The number of nitrogens with zero attached hydrogens (tertiary/aromatic N) is 1. The van der Waals surface area contributed by atoms with Crippen LogP contribution in [0.3, 0.4) is 0 Å². The lowest BCUT2D eigenvalue weighted by Gasteiger charge is -2.67. The zero-order valence-corrected chi connectivity index (χ0v) is 18.6. The Bertz CT molecular complexity index is 815. The van der Waals surface area contributed by atoms with Crippen molar-refractivity contribution in [1.82, 2.24) is 4.31 Å². The highest BCUT2D eigenvalue weighted by Crippen LogP contribution is 2.65. The minimum atomic E-state index is -4.47. The fourth-order valence-electron chi connectivity index (χ4n) is 9.80. The molecule has 0 heterocycles. The van der Waals surface area contributed by atoms with Crippen molar-refractivity contribution in [1.29, 1.82) is 4.78 Å². The van der Waals surface area contributed by atoms with Gasteiger partial charge in [-0.3, -0.25) is 0 Å². The van der Waals surface area contributed by atoms with Crippen molar-refractivity contribution in [3.05, 3.63) is 0 Å². The molecule has 164 valence electrons. The molecule has 29 heavy (non-hydrogen) atoms. The fourth-order valence-corrected chi connectivity index (χ4v) is 12.5. The molecule has 0 aromatic carbocycles. The van der Waals surface area contributed by atoms with Crippen molar-refractivity contribution in [2.24, 2.45) is 40.6 Å². The Hall–Kier alpha value is -0.220. The Labute approximate surface area is 174 Å². The standard InChI is InChI=1S/C20H33N3O4S2/c21-28(24,27-29(22,25)26)23(19-7-13-1-14(8-19)3-15(2-13)9-19)20-10-16-4-17(11-20)6-18(5-16)12-20/h13-18,21H,1-12H2,(H2,22,25,26). The van der Waals surface area contributed by atoms with E-state index in [2.05, 4.69) is 0 Å². The molecule has 0 amide bonds. The van der Waals surface area contributed by atoms with E-state index in [4.69, 9.17) is 13.5 Å². The molecule has 7 nitrogen and oxygen atoms in total. The predicted octanol–water partition coefficient (Wildman–Crippen LogP) is 3.32. The molecule has 8 saturated carbocycles. The molecular weight excluding hydrogens is 410 g/mol. The van der Waals surface area contributed by atoms with E-state index in [0.29, 0.717) is 35.5 Å². The summed E-state index contributed by atoms with van der Waals surface area (Å²) in [5, 5.41) is 5.17. The highest BCUT2D eigenvalue weighted by Gasteiger charge is 2.64. The minimum Gasteiger partial charge on any atom is -0.216 e. The summed E-state index contributed by atoms with van der Waals surface area (Å²) in [4.78, 5) is 0. The van der Waals surface area contributed by atoms with E-state index in [1.54, 1.807) is 0 Å². The highest BCUT2D eigenvalue weighted by molar-refractivity contribution is 7.98. The van der Waals surface area contributed by atoms with Gasteiger partial charge in [-0.05, 0) is 113 Å². The van der Waals surface area contributed by atoms with Crippen molar-refractivity contribution in [2.45, 2.75) is 88.1 Å². The van der Waals surface area contributed by atoms with Crippen molar-refractivity contribution in [2.75, 3.05) is 0 Å². The van der Waals surface area contributed by atoms with Gasteiger partial charge in [-0.15, -0.1) is 3.63 Å². The average molecular weight is 444 g/mol. The lowest BCUT2D eigenvalue weighted by molar-refractivity contribution is -0.138. The van der Waals surface area contributed by atoms with Gasteiger partial charge in [-0.2, -0.15) is 12.7 Å². The summed E-state index contributed by atoms with van der Waals surface area (Å²) in [6.07, 6.45) is 13.0. The molecule has 0 radical (unpaired) electrons. The molecule has 0 aromatic rings. The Balaban J connectivity index is 1.48. The van der Waals surface area contributed by atoms with Crippen LogP contribution in [0.1, 0.15) is 77.0 Å². The van der Waals surface area contributed by atoms with Crippen LogP contribution >= 0.6 is 0 Å². The highest BCUT2D eigenvalue weighted by atomic mass is 32.3. The number of rotatable bonds is 5. The maximum absolute atomic E-state index is 13.8. The topological polar surface area (TPSA) is 114 Å². The molecule has 9 heteroatoms. The SMILES string of the molecule is N=S(=O)(OS(N)(=O)=O)N(C12CC3CC(CC(C3)C1)C2)C12CC3CC(CC(C3)C1)C2. The van der Waals surface area contributed by atoms with Gasteiger partial charge in [0.25, 0.3) is 0 Å². The van der Waals surface area contributed by atoms with E-state index >= 15 is 0 Å². The van der Waals surface area contributed by atoms with Crippen LogP contribution < -0.4 is 5.14 Å². The van der Waals surface area contributed by atoms with Crippen molar-refractivity contribution < 1.29 is 16.3 Å². The molecule has 8 aliphatic carbocycles. The van der Waals surface area contributed by atoms with Gasteiger partial charge >= 0.3 is 10.3 Å². The number of nitrogens with two attached hydrogens (primary N) is 1. The summed E-state index contributed by atoms with van der Waals surface area (Å²) < 4.78 is 53.1. The summed E-state index contributed by atoms with van der Waals surface area (Å²) in [7, 11) is -8.46. The summed E-state index contributed by atoms with van der Waals surface area (Å²) >= 11 is 0. The molecule has 1 unspecified atom stereocenters. The first-order valence-electron chi connectivity index (χ1n) is 11.4. The van der Waals surface area contributed by atoms with Gasteiger partial charge in [0, 0.05) is 11.1 Å². The molecule has 8 bridgehead atoms. The van der Waals surface area contributed by atoms with Gasteiger partial charge in [-0.25, -0.2) is 14.1 Å². The molecule has 8 aliphatic rings. The largest absolute Gasteiger partial charge is 0.347 e. The second-order valence-electron chi connectivity index (χ2n) is 11.6. The van der Waals surface area contributed by atoms with Gasteiger partial charge in [-0.1, -0.05) is 0 Å². The Kier molecular flexibility index (Phi) is 4.01. The lowest BCUT2D eigenvalue weighted by atomic mass is 9.49. The van der Waals surface area contributed by atoms with E-state index in [-0.39, 0.29) is 11.1 Å². The first-order chi connectivity index (χ1) is 13.5. The number of hydrogen-bond acceptors (Lipinski definition) is 5. The second kappa shape index (κ2) is 5.97. The summed E-state index contributed by atoms with van der Waals surface area (Å²) in [6, 6.07) is 0. The first kappa shape index (κ1) is 19.5. The molecule has 0 aliphatic heterocycles. The van der Waals surface area contributed by atoms with Crippen LogP contribution in [-0.4, -0.2) is 28.0 Å². The molecule has 8 rings (SSSR count). The predicted molar refractivity (Wildman–Crippen MR) is 109 cm³/mol. The molecule has 8 fully saturated rings. The second-order valence-corrected chi connectivity index (χ2v) is 14.5. The van der Waals surface area contributed by atoms with Gasteiger partial charge < -0.3 is 0 Å². The smallest absolute Gasteiger partial charge is 0.216 e. The van der Waals surface area contributed by atoms with Gasteiger partial charge in [0.05, 0.1) is 0 Å². The quantitative estimate of drug-likeness (QED) is 0.678. The molecule has 1 atom stereocenters. The maximum atomic E-state index is 13.8. The maximum Gasteiger partial charge on any atom is 0.347 e. The third kappa shape index (κ3) is 3.05. The third-order valence-corrected chi connectivity index (χ3v) is 12.1. The normalized spacial score (nSPS) is 52.2. The lowest BCUT2D eigenvalue weighted by Crippen LogP contribution is -2.71. The number of hydrogen-bond donors (Lipinski definition) is 2. The average Bonchev–Trinajstić information content (AvgIpc) is 2.48. The van der Waals surface area contributed by atoms with Gasteiger partial charge in [0.2, 0.25) is 10.2 Å². The zero-order valence-electron chi connectivity index (χ0n) is 16.9. The van der Waals surface area contributed by atoms with E-state index < -0.39 is 20.5 Å². The van der Waals surface area contributed by atoms with Crippen molar-refractivity contribution in [3.63, 3.8) is 0 Å². The molecular formula is C20H33N3O4S2. The Morgan fingerprint density at radius 3 is 1.21 bits per heavy atom.